The average Bonchev–Trinajstić information content (AvgIpc) is 2.32. The lowest BCUT2D eigenvalue weighted by atomic mass is 9.94. The Hall–Kier alpha value is -1.15. The molecule has 0 aromatic heterocycles. The number of benzene rings is 1. The number of carbonyl (C=O) groups excluding carboxylic acids is 1. The van der Waals surface area contributed by atoms with E-state index in [1.165, 1.54) is 31.2 Å². The molecule has 1 fully saturated rings. The molecule has 19 heavy (non-hydrogen) atoms. The summed E-state index contributed by atoms with van der Waals surface area (Å²) in [7, 11) is 0. The van der Waals surface area contributed by atoms with Gasteiger partial charge in [0.25, 0.3) is 0 Å². The largest absolute Gasteiger partial charge is 0.314 e. The zero-order chi connectivity index (χ0) is 13.7. The van der Waals surface area contributed by atoms with Crippen molar-refractivity contribution >= 4 is 5.78 Å². The summed E-state index contributed by atoms with van der Waals surface area (Å²) >= 11 is 0. The molecule has 1 heterocycles. The third kappa shape index (κ3) is 4.17. The standard InChI is InChI=1S/C17H25NO/c1-13-8-9-16(14(2)11-13)17(19)12-15-7-5-3-4-6-10-18-15/h8-9,11,15,18H,3-7,10,12H2,1-2H3. The monoisotopic (exact) mass is 259 g/mol. The summed E-state index contributed by atoms with van der Waals surface area (Å²) in [6.07, 6.45) is 6.91. The van der Waals surface area contributed by atoms with E-state index in [1.807, 2.05) is 19.1 Å². The second-order valence-corrected chi connectivity index (χ2v) is 5.80. The number of hydrogen-bond donors (Lipinski definition) is 1. The summed E-state index contributed by atoms with van der Waals surface area (Å²) in [5.41, 5.74) is 3.23. The third-order valence-corrected chi connectivity index (χ3v) is 4.03. The number of carbonyl (C=O) groups is 1. The van der Waals surface area contributed by atoms with E-state index in [0.717, 1.165) is 24.1 Å². The Bertz CT molecular complexity index is 431. The molecule has 1 aliphatic heterocycles. The van der Waals surface area contributed by atoms with Gasteiger partial charge in [-0.25, -0.2) is 0 Å². The Kier molecular flexibility index (Phi) is 5.15. The van der Waals surface area contributed by atoms with Gasteiger partial charge in [-0.2, -0.15) is 0 Å². The quantitative estimate of drug-likeness (QED) is 0.837. The van der Waals surface area contributed by atoms with Crippen LogP contribution in [0.4, 0.5) is 0 Å². The van der Waals surface area contributed by atoms with Gasteiger partial charge >= 0.3 is 0 Å². The molecule has 0 amide bonds. The summed E-state index contributed by atoms with van der Waals surface area (Å²) in [5, 5.41) is 3.53. The molecule has 2 rings (SSSR count). The first kappa shape index (κ1) is 14.3. The minimum Gasteiger partial charge on any atom is -0.314 e. The SMILES string of the molecule is Cc1ccc(C(=O)CC2CCCCCCN2)c(C)c1. The lowest BCUT2D eigenvalue weighted by molar-refractivity contribution is 0.0965. The van der Waals surface area contributed by atoms with E-state index in [-0.39, 0.29) is 5.78 Å². The highest BCUT2D eigenvalue weighted by molar-refractivity contribution is 5.97. The fraction of sp³-hybridized carbons (Fsp3) is 0.588. The maximum absolute atomic E-state index is 12.4. The van der Waals surface area contributed by atoms with Crippen molar-refractivity contribution in [2.45, 2.75) is 58.4 Å². The van der Waals surface area contributed by atoms with Crippen LogP contribution in [0.1, 0.15) is 60.0 Å². The molecule has 1 atom stereocenters. The average molecular weight is 259 g/mol. The van der Waals surface area contributed by atoms with Crippen LogP contribution in [0.5, 0.6) is 0 Å². The van der Waals surface area contributed by atoms with Crippen LogP contribution in [-0.2, 0) is 0 Å². The maximum Gasteiger partial charge on any atom is 0.164 e. The van der Waals surface area contributed by atoms with E-state index in [9.17, 15) is 4.79 Å². The van der Waals surface area contributed by atoms with Crippen LogP contribution in [0.25, 0.3) is 0 Å². The second-order valence-electron chi connectivity index (χ2n) is 5.80. The van der Waals surface area contributed by atoms with Gasteiger partial charge < -0.3 is 5.32 Å². The topological polar surface area (TPSA) is 29.1 Å². The van der Waals surface area contributed by atoms with Gasteiger partial charge in [0.1, 0.15) is 0 Å². The predicted octanol–water partition coefficient (Wildman–Crippen LogP) is 3.80. The highest BCUT2D eigenvalue weighted by Gasteiger charge is 2.17. The van der Waals surface area contributed by atoms with Gasteiger partial charge in [0.15, 0.2) is 5.78 Å². The summed E-state index contributed by atoms with van der Waals surface area (Å²) in [4.78, 5) is 12.4. The molecule has 2 nitrogen and oxygen atoms in total. The molecule has 1 unspecified atom stereocenters. The van der Waals surface area contributed by atoms with E-state index in [0.29, 0.717) is 12.5 Å². The third-order valence-electron chi connectivity index (χ3n) is 4.03. The summed E-state index contributed by atoms with van der Waals surface area (Å²) in [6, 6.07) is 6.48. The first-order valence-electron chi connectivity index (χ1n) is 7.50. The lowest BCUT2D eigenvalue weighted by Crippen LogP contribution is -2.33. The Morgan fingerprint density at radius 2 is 2.00 bits per heavy atom. The number of aryl methyl sites for hydroxylation is 2. The molecule has 104 valence electrons. The number of ketones is 1. The van der Waals surface area contributed by atoms with Crippen molar-refractivity contribution in [1.29, 1.82) is 0 Å². The van der Waals surface area contributed by atoms with Crippen molar-refractivity contribution in [3.63, 3.8) is 0 Å². The molecule has 2 heteroatoms. The molecule has 1 N–H and O–H groups in total. The molecule has 1 saturated heterocycles. The van der Waals surface area contributed by atoms with E-state index in [4.69, 9.17) is 0 Å². The molecule has 0 radical (unpaired) electrons. The van der Waals surface area contributed by atoms with Crippen LogP contribution in [0.15, 0.2) is 18.2 Å². The Morgan fingerprint density at radius 3 is 2.79 bits per heavy atom. The Labute approximate surface area is 116 Å². The van der Waals surface area contributed by atoms with E-state index in [1.54, 1.807) is 0 Å². The molecule has 0 saturated carbocycles. The van der Waals surface area contributed by atoms with Crippen molar-refractivity contribution in [3.05, 3.63) is 34.9 Å². The van der Waals surface area contributed by atoms with Crippen LogP contribution in [0.2, 0.25) is 0 Å². The summed E-state index contributed by atoms with van der Waals surface area (Å²) < 4.78 is 0. The zero-order valence-electron chi connectivity index (χ0n) is 12.2. The number of nitrogens with one attached hydrogen (secondary N) is 1. The first-order valence-corrected chi connectivity index (χ1v) is 7.50. The molecule has 1 aromatic carbocycles. The number of hydrogen-bond acceptors (Lipinski definition) is 2. The lowest BCUT2D eigenvalue weighted by Gasteiger charge is -2.21. The molecular weight excluding hydrogens is 234 g/mol. The summed E-state index contributed by atoms with van der Waals surface area (Å²) in [6.45, 7) is 5.16. The second kappa shape index (κ2) is 6.85. The van der Waals surface area contributed by atoms with E-state index >= 15 is 0 Å². The van der Waals surface area contributed by atoms with Crippen LogP contribution >= 0.6 is 0 Å². The van der Waals surface area contributed by atoms with Crippen molar-refractivity contribution in [1.82, 2.24) is 5.32 Å². The molecule has 0 aliphatic carbocycles. The van der Waals surface area contributed by atoms with Gasteiger partial charge in [-0.1, -0.05) is 43.0 Å². The molecule has 0 bridgehead atoms. The van der Waals surface area contributed by atoms with Gasteiger partial charge in [-0.3, -0.25) is 4.79 Å². The van der Waals surface area contributed by atoms with Crippen molar-refractivity contribution < 1.29 is 4.79 Å². The normalized spacial score (nSPS) is 20.6. The molecule has 1 aromatic rings. The van der Waals surface area contributed by atoms with Crippen LogP contribution < -0.4 is 5.32 Å². The Morgan fingerprint density at radius 1 is 1.21 bits per heavy atom. The highest BCUT2D eigenvalue weighted by atomic mass is 16.1. The minimum atomic E-state index is 0.288. The number of rotatable bonds is 3. The molecule has 0 spiro atoms. The van der Waals surface area contributed by atoms with Gasteiger partial charge in [0.2, 0.25) is 0 Å². The number of Topliss-reactive ketones (excluding diaryl/α,β-unsaturated/α-hetero) is 1. The van der Waals surface area contributed by atoms with Crippen LogP contribution in [0, 0.1) is 13.8 Å². The van der Waals surface area contributed by atoms with Gasteiger partial charge in [-0.05, 0) is 38.8 Å². The molecule has 1 aliphatic rings. The van der Waals surface area contributed by atoms with E-state index in [2.05, 4.69) is 18.3 Å². The van der Waals surface area contributed by atoms with Crippen molar-refractivity contribution in [3.8, 4) is 0 Å². The predicted molar refractivity (Wildman–Crippen MR) is 79.7 cm³/mol. The van der Waals surface area contributed by atoms with Gasteiger partial charge in [0, 0.05) is 18.0 Å². The molecular formula is C17H25NO. The van der Waals surface area contributed by atoms with Gasteiger partial charge in [-0.15, -0.1) is 0 Å². The van der Waals surface area contributed by atoms with E-state index < -0.39 is 0 Å². The highest BCUT2D eigenvalue weighted by Crippen LogP contribution is 2.17. The van der Waals surface area contributed by atoms with Crippen LogP contribution in [-0.4, -0.2) is 18.4 Å². The van der Waals surface area contributed by atoms with Crippen molar-refractivity contribution in [2.75, 3.05) is 6.54 Å². The zero-order valence-corrected chi connectivity index (χ0v) is 12.2. The Balaban J connectivity index is 1.99. The minimum absolute atomic E-state index is 0.288. The maximum atomic E-state index is 12.4. The first-order chi connectivity index (χ1) is 9.16. The van der Waals surface area contributed by atoms with Crippen molar-refractivity contribution in [2.24, 2.45) is 0 Å². The van der Waals surface area contributed by atoms with Crippen LogP contribution in [0.3, 0.4) is 0 Å². The smallest absolute Gasteiger partial charge is 0.164 e. The van der Waals surface area contributed by atoms with Gasteiger partial charge in [0.05, 0.1) is 0 Å². The fourth-order valence-electron chi connectivity index (χ4n) is 2.91. The fourth-order valence-corrected chi connectivity index (χ4v) is 2.91. The summed E-state index contributed by atoms with van der Waals surface area (Å²) in [5.74, 6) is 0.288.